The van der Waals surface area contributed by atoms with Crippen LogP contribution in [0.3, 0.4) is 0 Å². The van der Waals surface area contributed by atoms with Crippen molar-refractivity contribution in [1.82, 2.24) is 20.2 Å². The highest BCUT2D eigenvalue weighted by Crippen LogP contribution is 2.31. The number of benzene rings is 1. The van der Waals surface area contributed by atoms with Gasteiger partial charge in [0.15, 0.2) is 4.34 Å². The highest BCUT2D eigenvalue weighted by atomic mass is 35.5. The smallest absolute Gasteiger partial charge is 0.180 e. The number of hydrogen-bond acceptors (Lipinski definition) is 6. The molecule has 2 heterocycles. The lowest BCUT2D eigenvalue weighted by molar-refractivity contribution is 0.975. The van der Waals surface area contributed by atoms with E-state index >= 15 is 0 Å². The van der Waals surface area contributed by atoms with Crippen LogP contribution in [0.2, 0.25) is 5.02 Å². The van der Waals surface area contributed by atoms with Crippen molar-refractivity contribution in [2.45, 2.75) is 23.2 Å². The highest BCUT2D eigenvalue weighted by molar-refractivity contribution is 8.01. The quantitative estimate of drug-likeness (QED) is 0.718. The molecule has 0 amide bonds. The van der Waals surface area contributed by atoms with Crippen LogP contribution in [0.5, 0.6) is 0 Å². The van der Waals surface area contributed by atoms with Crippen LogP contribution in [0.15, 0.2) is 27.6 Å². The molecule has 0 radical (unpaired) electrons. The van der Waals surface area contributed by atoms with Gasteiger partial charge in [-0.05, 0) is 43.8 Å². The number of hydrogen-bond donors (Lipinski definition) is 0. The van der Waals surface area contributed by atoms with Gasteiger partial charge in [-0.2, -0.15) is 0 Å². The van der Waals surface area contributed by atoms with Crippen LogP contribution in [-0.2, 0) is 0 Å². The van der Waals surface area contributed by atoms with Crippen LogP contribution >= 0.6 is 34.7 Å². The summed E-state index contributed by atoms with van der Waals surface area (Å²) in [7, 11) is 0. The lowest BCUT2D eigenvalue weighted by Crippen LogP contribution is -1.92. The fourth-order valence-electron chi connectivity index (χ4n) is 1.60. The van der Waals surface area contributed by atoms with Gasteiger partial charge >= 0.3 is 0 Å². The molecule has 0 spiro atoms. The van der Waals surface area contributed by atoms with Gasteiger partial charge in [0.2, 0.25) is 0 Å². The maximum atomic E-state index is 5.95. The van der Waals surface area contributed by atoms with Gasteiger partial charge < -0.3 is 0 Å². The molecular weight excluding hydrogens is 300 g/mol. The zero-order chi connectivity index (χ0) is 13.4. The van der Waals surface area contributed by atoms with Gasteiger partial charge in [-0.1, -0.05) is 22.9 Å². The molecule has 0 atom stereocenters. The molecule has 4 nitrogen and oxygen atoms in total. The van der Waals surface area contributed by atoms with E-state index in [2.05, 4.69) is 20.2 Å². The second kappa shape index (κ2) is 5.03. The standard InChI is InChI=1S/C12H9ClN4S2/c1-6-11(19-12-17-16-7(2)18-12)15-9-4-3-8(13)5-10(9)14-6/h3-5H,1-2H3. The minimum atomic E-state index is 0.668. The Morgan fingerprint density at radius 1 is 1.11 bits per heavy atom. The average molecular weight is 309 g/mol. The summed E-state index contributed by atoms with van der Waals surface area (Å²) in [6, 6.07) is 5.51. The fourth-order valence-corrected chi connectivity index (χ4v) is 3.53. The Balaban J connectivity index is 2.04. The van der Waals surface area contributed by atoms with Crippen LogP contribution in [0.4, 0.5) is 0 Å². The van der Waals surface area contributed by atoms with Crippen LogP contribution in [-0.4, -0.2) is 20.2 Å². The van der Waals surface area contributed by atoms with Gasteiger partial charge in [0, 0.05) is 5.02 Å². The molecule has 3 aromatic rings. The van der Waals surface area contributed by atoms with E-state index in [1.54, 1.807) is 11.3 Å². The minimum absolute atomic E-state index is 0.668. The first-order valence-corrected chi connectivity index (χ1v) is 7.55. The summed E-state index contributed by atoms with van der Waals surface area (Å²) in [5.74, 6) is 0. The van der Waals surface area contributed by atoms with Crippen molar-refractivity contribution in [3.63, 3.8) is 0 Å². The first kappa shape index (κ1) is 12.8. The first-order valence-electron chi connectivity index (χ1n) is 5.54. The minimum Gasteiger partial charge on any atom is -0.249 e. The molecule has 0 aliphatic carbocycles. The molecule has 0 saturated carbocycles. The van der Waals surface area contributed by atoms with Gasteiger partial charge in [-0.25, -0.2) is 9.97 Å². The monoisotopic (exact) mass is 308 g/mol. The molecule has 0 aliphatic rings. The van der Waals surface area contributed by atoms with Gasteiger partial charge in [-0.3, -0.25) is 0 Å². The molecule has 2 aromatic heterocycles. The largest absolute Gasteiger partial charge is 0.249 e. The first-order chi connectivity index (χ1) is 9.11. The van der Waals surface area contributed by atoms with Crippen LogP contribution in [0, 0.1) is 13.8 Å². The lowest BCUT2D eigenvalue weighted by Gasteiger charge is -2.04. The number of rotatable bonds is 2. The number of halogens is 1. The summed E-state index contributed by atoms with van der Waals surface area (Å²) in [5, 5.41) is 10.6. The Bertz CT molecular complexity index is 757. The van der Waals surface area contributed by atoms with Crippen LogP contribution < -0.4 is 0 Å². The fraction of sp³-hybridized carbons (Fsp3) is 0.167. The summed E-state index contributed by atoms with van der Waals surface area (Å²) in [6.07, 6.45) is 0. The number of aryl methyl sites for hydroxylation is 2. The SMILES string of the molecule is Cc1nnc(Sc2nc3ccc(Cl)cc3nc2C)s1. The Morgan fingerprint density at radius 3 is 2.68 bits per heavy atom. The Kier molecular flexibility index (Phi) is 3.38. The molecular formula is C12H9ClN4S2. The molecule has 1 aromatic carbocycles. The summed E-state index contributed by atoms with van der Waals surface area (Å²) in [6.45, 7) is 3.87. The van der Waals surface area contributed by atoms with Crippen molar-refractivity contribution < 1.29 is 0 Å². The van der Waals surface area contributed by atoms with Crippen molar-refractivity contribution in [3.05, 3.63) is 33.9 Å². The molecule has 19 heavy (non-hydrogen) atoms. The van der Waals surface area contributed by atoms with Gasteiger partial charge in [-0.15, -0.1) is 10.2 Å². The predicted octanol–water partition coefficient (Wildman–Crippen LogP) is 3.90. The summed E-state index contributed by atoms with van der Waals surface area (Å²) >= 11 is 9.00. The zero-order valence-corrected chi connectivity index (χ0v) is 12.6. The number of nitrogens with zero attached hydrogens (tertiary/aromatic N) is 4. The Labute approximate surface area is 123 Å². The molecule has 0 saturated heterocycles. The van der Waals surface area contributed by atoms with Gasteiger partial charge in [0.05, 0.1) is 16.7 Å². The van der Waals surface area contributed by atoms with Crippen molar-refractivity contribution in [2.24, 2.45) is 0 Å². The van der Waals surface area contributed by atoms with Crippen molar-refractivity contribution in [2.75, 3.05) is 0 Å². The third-order valence-corrected chi connectivity index (χ3v) is 4.65. The summed E-state index contributed by atoms with van der Waals surface area (Å²) in [5.41, 5.74) is 2.51. The summed E-state index contributed by atoms with van der Waals surface area (Å²) < 4.78 is 0.878. The predicted molar refractivity (Wildman–Crippen MR) is 78.1 cm³/mol. The average Bonchev–Trinajstić information content (AvgIpc) is 2.76. The van der Waals surface area contributed by atoms with Gasteiger partial charge in [0.1, 0.15) is 10.0 Å². The van der Waals surface area contributed by atoms with E-state index in [9.17, 15) is 0 Å². The molecule has 7 heteroatoms. The Hall–Kier alpha value is -1.24. The molecule has 0 N–H and O–H groups in total. The highest BCUT2D eigenvalue weighted by Gasteiger charge is 2.10. The van der Waals surface area contributed by atoms with E-state index in [1.165, 1.54) is 11.8 Å². The molecule has 0 bridgehead atoms. The van der Waals surface area contributed by atoms with Crippen molar-refractivity contribution in [1.29, 1.82) is 0 Å². The lowest BCUT2D eigenvalue weighted by atomic mass is 10.3. The van der Waals surface area contributed by atoms with E-state index in [0.717, 1.165) is 31.1 Å². The zero-order valence-electron chi connectivity index (χ0n) is 10.2. The summed E-state index contributed by atoms with van der Waals surface area (Å²) in [4.78, 5) is 9.13. The van der Waals surface area contributed by atoms with E-state index in [1.807, 2.05) is 32.0 Å². The van der Waals surface area contributed by atoms with E-state index in [0.29, 0.717) is 5.02 Å². The van der Waals surface area contributed by atoms with Crippen LogP contribution in [0.1, 0.15) is 10.7 Å². The third-order valence-electron chi connectivity index (χ3n) is 2.45. The maximum absolute atomic E-state index is 5.95. The number of aromatic nitrogens is 4. The topological polar surface area (TPSA) is 51.6 Å². The third kappa shape index (κ3) is 2.70. The number of fused-ring (bicyclic) bond motifs is 1. The van der Waals surface area contributed by atoms with E-state index in [-0.39, 0.29) is 0 Å². The van der Waals surface area contributed by atoms with Crippen LogP contribution in [0.25, 0.3) is 11.0 Å². The molecule has 96 valence electrons. The molecule has 0 aliphatic heterocycles. The Morgan fingerprint density at radius 2 is 1.95 bits per heavy atom. The second-order valence-electron chi connectivity index (χ2n) is 3.94. The van der Waals surface area contributed by atoms with Crippen molar-refractivity contribution in [3.8, 4) is 0 Å². The maximum Gasteiger partial charge on any atom is 0.180 e. The second-order valence-corrected chi connectivity index (χ2v) is 6.79. The van der Waals surface area contributed by atoms with E-state index in [4.69, 9.17) is 11.6 Å². The molecule has 0 unspecified atom stereocenters. The normalized spacial score (nSPS) is 11.1. The molecule has 0 fully saturated rings. The van der Waals surface area contributed by atoms with Gasteiger partial charge in [0.25, 0.3) is 0 Å². The molecule has 3 rings (SSSR count). The van der Waals surface area contributed by atoms with E-state index < -0.39 is 0 Å². The van der Waals surface area contributed by atoms with Crippen molar-refractivity contribution >= 4 is 45.7 Å².